The molecule has 0 bridgehead atoms. The zero-order chi connectivity index (χ0) is 49.7. The Morgan fingerprint density at radius 2 is 0.985 bits per heavy atom. The van der Waals surface area contributed by atoms with Crippen molar-refractivity contribution in [2.75, 3.05) is 20.3 Å². The maximum absolute atomic E-state index is 14.5. The number of hydrogen-bond donors (Lipinski definition) is 2. The summed E-state index contributed by atoms with van der Waals surface area (Å²) in [5, 5.41) is 25.6. The summed E-state index contributed by atoms with van der Waals surface area (Å²) >= 11 is 0. The highest BCUT2D eigenvalue weighted by Gasteiger charge is 2.46. The first-order valence-corrected chi connectivity index (χ1v) is 25.6. The van der Waals surface area contributed by atoms with Gasteiger partial charge in [-0.3, -0.25) is 4.99 Å². The van der Waals surface area contributed by atoms with Crippen LogP contribution in [0.5, 0.6) is 17.2 Å². The van der Waals surface area contributed by atoms with Crippen molar-refractivity contribution in [3.05, 3.63) is 87.0 Å². The van der Waals surface area contributed by atoms with E-state index in [4.69, 9.17) is 19.2 Å². The van der Waals surface area contributed by atoms with Gasteiger partial charge in [-0.25, -0.2) is 4.79 Å². The molecular weight excluding hydrogens is 819 g/mol. The van der Waals surface area contributed by atoms with Gasteiger partial charge in [0.2, 0.25) is 0 Å². The van der Waals surface area contributed by atoms with Gasteiger partial charge in [0.15, 0.2) is 0 Å². The molecule has 0 aliphatic rings. The maximum atomic E-state index is 14.5. The topological polar surface area (TPSA) is 97.6 Å². The molecule has 0 aromatic heterocycles. The number of unbranched alkanes of at least 4 members (excludes halogenated alkanes) is 10. The summed E-state index contributed by atoms with van der Waals surface area (Å²) in [7, 11) is 1.34. The molecule has 3 rings (SSSR count). The minimum Gasteiger partial charge on any atom is -0.507 e. The van der Waals surface area contributed by atoms with Gasteiger partial charge in [-0.2, -0.15) is 0 Å². The Hall–Kier alpha value is -3.84. The lowest BCUT2D eigenvalue weighted by Crippen LogP contribution is -2.44. The zero-order valence-electron chi connectivity index (χ0n) is 44.9. The van der Waals surface area contributed by atoms with Crippen molar-refractivity contribution in [3.8, 4) is 17.2 Å². The minimum absolute atomic E-state index is 0.0216. The standard InChI is InChI=1S/C59H93NO6/c1-18-21-23-25-27-29-33-65-51-46(55(5,6)7)36-44(37-47(51)56(8,9)10)59(63,53(41(4)20-3)60-40-43-35-42(54(62)64-17)31-32-50(43)61)45-38-48(57(11,12)13)52(49(39-45)58(14,15)16)66-34-30-28-26-24-22-19-2/h31-32,35-41,53,61,63H,18-30,33-34H2,1-17H3. The molecule has 0 spiro atoms. The van der Waals surface area contributed by atoms with Gasteiger partial charge in [0.1, 0.15) is 22.8 Å². The van der Waals surface area contributed by atoms with E-state index in [0.717, 1.165) is 70.6 Å². The summed E-state index contributed by atoms with van der Waals surface area (Å²) in [4.78, 5) is 18.0. The fourth-order valence-corrected chi connectivity index (χ4v) is 8.81. The van der Waals surface area contributed by atoms with Gasteiger partial charge in [0, 0.05) is 34.0 Å². The first-order chi connectivity index (χ1) is 30.8. The Morgan fingerprint density at radius 3 is 1.33 bits per heavy atom. The zero-order valence-corrected chi connectivity index (χ0v) is 44.9. The number of ether oxygens (including phenoxy) is 3. The molecule has 0 saturated carbocycles. The van der Waals surface area contributed by atoms with Crippen LogP contribution in [-0.4, -0.2) is 48.8 Å². The third kappa shape index (κ3) is 15.1. The molecule has 3 aromatic rings. The predicted molar refractivity (Wildman–Crippen MR) is 279 cm³/mol. The molecule has 0 saturated heterocycles. The number of phenolic OH excluding ortho intramolecular Hbond substituents is 1. The monoisotopic (exact) mass is 912 g/mol. The summed E-state index contributed by atoms with van der Waals surface area (Å²) in [5.41, 5.74) is 3.22. The molecule has 7 nitrogen and oxygen atoms in total. The number of nitrogens with zero attached hydrogens (tertiary/aromatic N) is 1. The first-order valence-electron chi connectivity index (χ1n) is 25.6. The van der Waals surface area contributed by atoms with Crippen LogP contribution >= 0.6 is 0 Å². The van der Waals surface area contributed by atoms with E-state index in [-0.39, 0.29) is 33.3 Å². The minimum atomic E-state index is -1.70. The Bertz CT molecular complexity index is 1850. The average Bonchev–Trinajstić information content (AvgIpc) is 3.24. The number of esters is 1. The fourth-order valence-electron chi connectivity index (χ4n) is 8.81. The number of carbonyl (C=O) groups excluding carboxylic acids is 1. The molecule has 0 aliphatic carbocycles. The van der Waals surface area contributed by atoms with Gasteiger partial charge in [-0.15, -0.1) is 0 Å². The van der Waals surface area contributed by atoms with Crippen LogP contribution in [0.1, 0.15) is 244 Å². The van der Waals surface area contributed by atoms with Crippen LogP contribution in [0.2, 0.25) is 0 Å². The van der Waals surface area contributed by atoms with Gasteiger partial charge in [-0.05, 0) is 94.0 Å². The molecule has 0 amide bonds. The van der Waals surface area contributed by atoms with Crippen LogP contribution < -0.4 is 9.47 Å². The van der Waals surface area contributed by atoms with E-state index in [1.807, 2.05) is 0 Å². The molecule has 0 fully saturated rings. The molecule has 3 aromatic carbocycles. The number of aromatic hydroxyl groups is 1. The van der Waals surface area contributed by atoms with E-state index in [9.17, 15) is 15.0 Å². The van der Waals surface area contributed by atoms with Crippen LogP contribution in [0.15, 0.2) is 47.5 Å². The highest BCUT2D eigenvalue weighted by Crippen LogP contribution is 2.50. The summed E-state index contributed by atoms with van der Waals surface area (Å²) in [6.07, 6.45) is 16.4. The maximum Gasteiger partial charge on any atom is 0.337 e. The smallest absolute Gasteiger partial charge is 0.337 e. The second-order valence-corrected chi connectivity index (χ2v) is 23.2. The number of rotatable bonds is 24. The SMILES string of the molecule is CCCCCCCCOc1c(C(C)(C)C)cc(C(O)(c2cc(C(C)(C)C)c(OCCCCCCCC)c(C(C)(C)C)c2)C(N=Cc2cc(C(=O)OC)ccc2O)C(C)CC)cc1C(C)(C)C. The van der Waals surface area contributed by atoms with Crippen molar-refractivity contribution < 1.29 is 29.2 Å². The quantitative estimate of drug-likeness (QED) is 0.0528. The predicted octanol–water partition coefficient (Wildman–Crippen LogP) is 15.6. The molecule has 370 valence electrons. The van der Waals surface area contributed by atoms with Crippen LogP contribution in [0, 0.1) is 5.92 Å². The molecule has 0 radical (unpaired) electrons. The normalized spacial score (nSPS) is 13.8. The molecule has 0 heterocycles. The number of methoxy groups -OCH3 is 1. The van der Waals surface area contributed by atoms with Gasteiger partial charge < -0.3 is 24.4 Å². The van der Waals surface area contributed by atoms with E-state index >= 15 is 0 Å². The summed E-state index contributed by atoms with van der Waals surface area (Å²) in [6.45, 7) is 36.7. The first kappa shape index (κ1) is 56.5. The number of carbonyl (C=O) groups is 1. The largest absolute Gasteiger partial charge is 0.507 e. The summed E-state index contributed by atoms with van der Waals surface area (Å²) < 4.78 is 18.9. The average molecular weight is 912 g/mol. The highest BCUT2D eigenvalue weighted by atomic mass is 16.5. The van der Waals surface area contributed by atoms with E-state index in [1.54, 1.807) is 12.3 Å². The summed E-state index contributed by atoms with van der Waals surface area (Å²) in [5.74, 6) is 1.12. The number of hydrogen-bond acceptors (Lipinski definition) is 7. The fraction of sp³-hybridized carbons (Fsp3) is 0.661. The molecule has 0 aliphatic heterocycles. The molecule has 2 unspecified atom stereocenters. The van der Waals surface area contributed by atoms with E-state index in [1.165, 1.54) is 70.6 Å². The van der Waals surface area contributed by atoms with Gasteiger partial charge >= 0.3 is 5.97 Å². The number of benzene rings is 3. The number of aliphatic hydroxyl groups is 1. The van der Waals surface area contributed by atoms with Crippen molar-refractivity contribution in [1.82, 2.24) is 0 Å². The van der Waals surface area contributed by atoms with E-state index < -0.39 is 17.6 Å². The van der Waals surface area contributed by atoms with Crippen molar-refractivity contribution in [3.63, 3.8) is 0 Å². The number of phenols is 1. The summed E-state index contributed by atoms with van der Waals surface area (Å²) in [6, 6.07) is 12.6. The van der Waals surface area contributed by atoms with Crippen molar-refractivity contribution in [1.29, 1.82) is 0 Å². The Morgan fingerprint density at radius 1 is 0.606 bits per heavy atom. The van der Waals surface area contributed by atoms with Gasteiger partial charge in [0.25, 0.3) is 0 Å². The van der Waals surface area contributed by atoms with Gasteiger partial charge in [0.05, 0.1) is 31.9 Å². The number of aliphatic imine (C=N–C) groups is 1. The van der Waals surface area contributed by atoms with Gasteiger partial charge in [-0.1, -0.05) is 181 Å². The van der Waals surface area contributed by atoms with Crippen molar-refractivity contribution in [2.24, 2.45) is 10.9 Å². The van der Waals surface area contributed by atoms with Crippen LogP contribution in [0.25, 0.3) is 0 Å². The third-order valence-electron chi connectivity index (χ3n) is 13.2. The Labute approximate surface area is 402 Å². The Balaban J connectivity index is 2.54. The second-order valence-electron chi connectivity index (χ2n) is 23.2. The van der Waals surface area contributed by atoms with Crippen molar-refractivity contribution in [2.45, 2.75) is 228 Å². The lowest BCUT2D eigenvalue weighted by atomic mass is 9.68. The highest BCUT2D eigenvalue weighted by molar-refractivity contribution is 5.93. The van der Waals surface area contributed by atoms with Crippen LogP contribution in [0.3, 0.4) is 0 Å². The second kappa shape index (κ2) is 24.4. The molecular formula is C59H93NO6. The van der Waals surface area contributed by atoms with Crippen LogP contribution in [0.4, 0.5) is 0 Å². The van der Waals surface area contributed by atoms with E-state index in [2.05, 4.69) is 135 Å². The van der Waals surface area contributed by atoms with Crippen LogP contribution in [-0.2, 0) is 32.0 Å². The molecule has 2 atom stereocenters. The Kier molecular flexibility index (Phi) is 20.9. The van der Waals surface area contributed by atoms with Crippen molar-refractivity contribution >= 4 is 12.2 Å². The third-order valence-corrected chi connectivity index (χ3v) is 13.2. The van der Waals surface area contributed by atoms with E-state index in [0.29, 0.717) is 30.8 Å². The lowest BCUT2D eigenvalue weighted by molar-refractivity contribution is 0.0323. The molecule has 7 heteroatoms. The molecule has 2 N–H and O–H groups in total. The lowest BCUT2D eigenvalue weighted by Gasteiger charge is -2.42. The molecule has 66 heavy (non-hydrogen) atoms.